The lowest BCUT2D eigenvalue weighted by molar-refractivity contribution is 0.215. The third-order valence-corrected chi connectivity index (χ3v) is 5.35. The van der Waals surface area contributed by atoms with Gasteiger partial charge in [0.05, 0.1) is 23.1 Å². The number of hydrogen-bond donors (Lipinski definition) is 0. The van der Waals surface area contributed by atoms with Crippen LogP contribution in [-0.2, 0) is 16.4 Å². The van der Waals surface area contributed by atoms with Crippen LogP contribution in [0.2, 0.25) is 0 Å². The van der Waals surface area contributed by atoms with Gasteiger partial charge in [0.25, 0.3) is 0 Å². The maximum atomic E-state index is 11.5. The summed E-state index contributed by atoms with van der Waals surface area (Å²) in [4.78, 5) is 2.20. The molecule has 1 aromatic carbocycles. The predicted octanol–water partition coefficient (Wildman–Crippen LogP) is 1.57. The predicted molar refractivity (Wildman–Crippen MR) is 74.3 cm³/mol. The molecule has 0 unspecified atom stereocenters. The van der Waals surface area contributed by atoms with E-state index < -0.39 is 9.84 Å². The highest BCUT2D eigenvalue weighted by Gasteiger charge is 2.31. The van der Waals surface area contributed by atoms with E-state index in [-0.39, 0.29) is 11.8 Å². The smallest absolute Gasteiger partial charge is 0.151 e. The van der Waals surface area contributed by atoms with Crippen LogP contribution in [0.15, 0.2) is 24.3 Å². The second-order valence-electron chi connectivity index (χ2n) is 4.93. The first-order chi connectivity index (χ1) is 9.04. The van der Waals surface area contributed by atoms with Crippen molar-refractivity contribution in [2.75, 3.05) is 18.1 Å². The Morgan fingerprint density at radius 3 is 2.53 bits per heavy atom. The molecule has 1 saturated heterocycles. The molecule has 19 heavy (non-hydrogen) atoms. The van der Waals surface area contributed by atoms with Gasteiger partial charge in [-0.2, -0.15) is 5.26 Å². The van der Waals surface area contributed by atoms with E-state index in [2.05, 4.69) is 17.9 Å². The summed E-state index contributed by atoms with van der Waals surface area (Å²) in [5.74, 6) is 0.582. The molecule has 0 radical (unpaired) electrons. The quantitative estimate of drug-likeness (QED) is 0.838. The largest absolute Gasteiger partial charge is 0.295 e. The monoisotopic (exact) mass is 278 g/mol. The van der Waals surface area contributed by atoms with E-state index in [1.54, 1.807) is 12.1 Å². The molecule has 0 aromatic heterocycles. The maximum Gasteiger partial charge on any atom is 0.151 e. The second-order valence-corrected chi connectivity index (χ2v) is 7.16. The van der Waals surface area contributed by atoms with Crippen LogP contribution in [0.1, 0.15) is 24.5 Å². The Kier molecular flexibility index (Phi) is 4.23. The number of hydrogen-bond acceptors (Lipinski definition) is 4. The molecular formula is C14H18N2O2S. The van der Waals surface area contributed by atoms with Crippen LogP contribution < -0.4 is 0 Å². The third kappa shape index (κ3) is 3.55. The normalized spacial score (nSPS) is 21.4. The number of nitrogens with zero attached hydrogens (tertiary/aromatic N) is 2. The van der Waals surface area contributed by atoms with E-state index >= 15 is 0 Å². The van der Waals surface area contributed by atoms with Crippen molar-refractivity contribution in [3.05, 3.63) is 35.4 Å². The minimum absolute atomic E-state index is 0.130. The van der Waals surface area contributed by atoms with Crippen LogP contribution in [0.25, 0.3) is 0 Å². The van der Waals surface area contributed by atoms with Crippen molar-refractivity contribution in [1.29, 1.82) is 5.26 Å². The molecule has 0 spiro atoms. The first-order valence-corrected chi connectivity index (χ1v) is 8.29. The molecule has 2 rings (SSSR count). The van der Waals surface area contributed by atoms with Gasteiger partial charge in [0, 0.05) is 12.6 Å². The summed E-state index contributed by atoms with van der Waals surface area (Å²) in [6.07, 6.45) is 0.729. The third-order valence-electron chi connectivity index (χ3n) is 3.60. The Morgan fingerprint density at radius 2 is 2.05 bits per heavy atom. The van der Waals surface area contributed by atoms with Crippen molar-refractivity contribution in [1.82, 2.24) is 4.90 Å². The van der Waals surface area contributed by atoms with Gasteiger partial charge in [-0.15, -0.1) is 0 Å². The molecule has 1 aliphatic heterocycles. The zero-order valence-electron chi connectivity index (χ0n) is 11.0. The minimum atomic E-state index is -2.84. The molecular weight excluding hydrogens is 260 g/mol. The van der Waals surface area contributed by atoms with Gasteiger partial charge in [0.2, 0.25) is 0 Å². The molecule has 1 heterocycles. The van der Waals surface area contributed by atoms with Crippen molar-refractivity contribution in [2.45, 2.75) is 25.9 Å². The van der Waals surface area contributed by atoms with E-state index in [0.717, 1.165) is 25.1 Å². The van der Waals surface area contributed by atoms with Gasteiger partial charge in [-0.25, -0.2) is 8.42 Å². The van der Waals surface area contributed by atoms with Crippen molar-refractivity contribution in [3.8, 4) is 6.07 Å². The lowest BCUT2D eigenvalue weighted by Gasteiger charge is -2.26. The van der Waals surface area contributed by atoms with Crippen molar-refractivity contribution >= 4 is 9.84 Å². The van der Waals surface area contributed by atoms with Gasteiger partial charge in [-0.1, -0.05) is 19.1 Å². The SMILES string of the molecule is CCN(Cc1ccc(C#N)cc1)[C@@H]1CCS(=O)(=O)C1. The second kappa shape index (κ2) is 5.72. The van der Waals surface area contributed by atoms with Crippen LogP contribution in [0.3, 0.4) is 0 Å². The van der Waals surface area contributed by atoms with Crippen molar-refractivity contribution < 1.29 is 8.42 Å². The Hall–Kier alpha value is -1.38. The number of rotatable bonds is 4. The number of benzene rings is 1. The Balaban J connectivity index is 2.05. The van der Waals surface area contributed by atoms with E-state index in [1.807, 2.05) is 12.1 Å². The van der Waals surface area contributed by atoms with Crippen LogP contribution in [0.4, 0.5) is 0 Å². The van der Waals surface area contributed by atoms with E-state index in [4.69, 9.17) is 5.26 Å². The Bertz CT molecular complexity index is 572. The molecule has 1 aliphatic rings. The van der Waals surface area contributed by atoms with Crippen molar-refractivity contribution in [3.63, 3.8) is 0 Å². The Morgan fingerprint density at radius 1 is 1.37 bits per heavy atom. The molecule has 0 N–H and O–H groups in total. The van der Waals surface area contributed by atoms with Gasteiger partial charge < -0.3 is 0 Å². The van der Waals surface area contributed by atoms with Crippen LogP contribution >= 0.6 is 0 Å². The average Bonchev–Trinajstić information content (AvgIpc) is 2.77. The molecule has 1 aromatic rings. The van der Waals surface area contributed by atoms with E-state index in [9.17, 15) is 8.42 Å². The fourth-order valence-electron chi connectivity index (χ4n) is 2.48. The fourth-order valence-corrected chi connectivity index (χ4v) is 4.24. The van der Waals surface area contributed by atoms with Gasteiger partial charge in [-0.05, 0) is 30.7 Å². The summed E-state index contributed by atoms with van der Waals surface area (Å²) in [6.45, 7) is 3.62. The van der Waals surface area contributed by atoms with Gasteiger partial charge in [0.15, 0.2) is 9.84 Å². The molecule has 0 saturated carbocycles. The van der Waals surface area contributed by atoms with E-state index in [1.165, 1.54) is 0 Å². The molecule has 0 bridgehead atoms. The highest BCUT2D eigenvalue weighted by atomic mass is 32.2. The van der Waals surface area contributed by atoms with E-state index in [0.29, 0.717) is 11.3 Å². The topological polar surface area (TPSA) is 61.2 Å². The highest BCUT2D eigenvalue weighted by molar-refractivity contribution is 7.91. The average molecular weight is 278 g/mol. The molecule has 1 fully saturated rings. The zero-order chi connectivity index (χ0) is 13.9. The van der Waals surface area contributed by atoms with Gasteiger partial charge >= 0.3 is 0 Å². The summed E-state index contributed by atoms with van der Waals surface area (Å²) in [7, 11) is -2.84. The van der Waals surface area contributed by atoms with Gasteiger partial charge in [-0.3, -0.25) is 4.90 Å². The Labute approximate surface area is 114 Å². The molecule has 0 amide bonds. The minimum Gasteiger partial charge on any atom is -0.295 e. The summed E-state index contributed by atoms with van der Waals surface area (Å²) in [5, 5.41) is 8.76. The lowest BCUT2D eigenvalue weighted by Crippen LogP contribution is -2.35. The summed E-state index contributed by atoms with van der Waals surface area (Å²) in [6, 6.07) is 9.70. The highest BCUT2D eigenvalue weighted by Crippen LogP contribution is 2.19. The first kappa shape index (κ1) is 14.0. The fraction of sp³-hybridized carbons (Fsp3) is 0.500. The molecule has 1 atom stereocenters. The molecule has 102 valence electrons. The van der Waals surface area contributed by atoms with Crippen LogP contribution in [0.5, 0.6) is 0 Å². The van der Waals surface area contributed by atoms with Crippen LogP contribution in [-0.4, -0.2) is 37.4 Å². The van der Waals surface area contributed by atoms with Crippen molar-refractivity contribution in [2.24, 2.45) is 0 Å². The standard InChI is InChI=1S/C14H18N2O2S/c1-2-16(14-7-8-19(17,18)11-14)10-13-5-3-12(9-15)4-6-13/h3-6,14H,2,7-8,10-11H2,1H3/t14-/m1/s1. The molecule has 4 nitrogen and oxygen atoms in total. The number of sulfone groups is 1. The van der Waals surface area contributed by atoms with Crippen LogP contribution in [0, 0.1) is 11.3 Å². The number of nitriles is 1. The maximum absolute atomic E-state index is 11.5. The first-order valence-electron chi connectivity index (χ1n) is 6.47. The van der Waals surface area contributed by atoms with Gasteiger partial charge in [0.1, 0.15) is 0 Å². The molecule has 5 heteroatoms. The summed E-state index contributed by atoms with van der Waals surface area (Å²) < 4.78 is 23.1. The molecule has 0 aliphatic carbocycles. The summed E-state index contributed by atoms with van der Waals surface area (Å²) in [5.41, 5.74) is 1.76. The lowest BCUT2D eigenvalue weighted by atomic mass is 10.1. The zero-order valence-corrected chi connectivity index (χ0v) is 11.9. The summed E-state index contributed by atoms with van der Waals surface area (Å²) >= 11 is 0.